The molecule has 1 aromatic carbocycles. The molecule has 0 saturated carbocycles. The van der Waals surface area contributed by atoms with E-state index in [1.165, 1.54) is 12.1 Å². The molecule has 0 atom stereocenters. The minimum atomic E-state index is -1.04. The van der Waals surface area contributed by atoms with Crippen molar-refractivity contribution in [3.05, 3.63) is 42.0 Å². The summed E-state index contributed by atoms with van der Waals surface area (Å²) in [6, 6.07) is 4.55. The zero-order valence-corrected chi connectivity index (χ0v) is 10.5. The molecule has 0 unspecified atom stereocenters. The van der Waals surface area contributed by atoms with Crippen LogP contribution >= 0.6 is 0 Å². The fraction of sp³-hybridized carbons (Fsp3) is 0.231. The molecular formula is C13H15N3O3. The van der Waals surface area contributed by atoms with E-state index >= 15 is 0 Å². The van der Waals surface area contributed by atoms with Gasteiger partial charge in [0.2, 0.25) is 0 Å². The molecule has 0 aliphatic heterocycles. The summed E-state index contributed by atoms with van der Waals surface area (Å²) in [5.41, 5.74) is 5.91. The largest absolute Gasteiger partial charge is 0.493 e. The number of aromatic carboxylic acids is 1. The van der Waals surface area contributed by atoms with Crippen molar-refractivity contribution in [2.45, 2.75) is 6.42 Å². The summed E-state index contributed by atoms with van der Waals surface area (Å²) < 4.78 is 7.45. The first-order valence-corrected chi connectivity index (χ1v) is 5.79. The second kappa shape index (κ2) is 5.43. The molecule has 3 N–H and O–H groups in total. The van der Waals surface area contributed by atoms with Crippen LogP contribution in [0.4, 0.5) is 5.69 Å². The Labute approximate surface area is 110 Å². The zero-order chi connectivity index (χ0) is 13.8. The molecule has 19 heavy (non-hydrogen) atoms. The third-order valence-corrected chi connectivity index (χ3v) is 2.77. The zero-order valence-electron chi connectivity index (χ0n) is 10.5. The molecule has 0 bridgehead atoms. The molecule has 0 saturated heterocycles. The van der Waals surface area contributed by atoms with Gasteiger partial charge in [-0.15, -0.1) is 0 Å². The number of nitrogens with two attached hydrogens (primary N) is 1. The quantitative estimate of drug-likeness (QED) is 0.792. The highest BCUT2D eigenvalue weighted by Crippen LogP contribution is 2.20. The number of aryl methyl sites for hydroxylation is 1. The van der Waals surface area contributed by atoms with Gasteiger partial charge in [0.15, 0.2) is 0 Å². The van der Waals surface area contributed by atoms with Gasteiger partial charge in [0, 0.05) is 37.6 Å². The van der Waals surface area contributed by atoms with Crippen molar-refractivity contribution >= 4 is 11.7 Å². The van der Waals surface area contributed by atoms with Crippen molar-refractivity contribution in [3.63, 3.8) is 0 Å². The molecule has 0 aliphatic rings. The number of carbonyl (C=O) groups is 1. The Hall–Kier alpha value is -2.50. The first kappa shape index (κ1) is 12.9. The summed E-state index contributed by atoms with van der Waals surface area (Å²) in [7, 11) is 1.92. The van der Waals surface area contributed by atoms with Crippen LogP contribution in [0, 0.1) is 0 Å². The number of nitrogens with zero attached hydrogens (tertiary/aromatic N) is 2. The number of nitrogen functional groups attached to an aromatic ring is 1. The van der Waals surface area contributed by atoms with Gasteiger partial charge in [0.1, 0.15) is 11.6 Å². The number of ether oxygens (including phenoxy) is 1. The highest BCUT2D eigenvalue weighted by Gasteiger charge is 2.08. The second-order valence-electron chi connectivity index (χ2n) is 4.11. The van der Waals surface area contributed by atoms with E-state index in [9.17, 15) is 4.79 Å². The van der Waals surface area contributed by atoms with Gasteiger partial charge < -0.3 is 20.1 Å². The third kappa shape index (κ3) is 3.04. The van der Waals surface area contributed by atoms with Crippen molar-refractivity contribution in [1.29, 1.82) is 0 Å². The van der Waals surface area contributed by atoms with Gasteiger partial charge in [-0.3, -0.25) is 0 Å². The number of aromatic nitrogens is 2. The maximum atomic E-state index is 10.8. The summed E-state index contributed by atoms with van der Waals surface area (Å²) >= 11 is 0. The van der Waals surface area contributed by atoms with Crippen LogP contribution in [-0.4, -0.2) is 27.2 Å². The number of imidazole rings is 1. The van der Waals surface area contributed by atoms with Crippen molar-refractivity contribution in [2.24, 2.45) is 7.05 Å². The molecule has 0 radical (unpaired) electrons. The van der Waals surface area contributed by atoms with E-state index in [1.54, 1.807) is 12.3 Å². The van der Waals surface area contributed by atoms with Crippen LogP contribution in [0.5, 0.6) is 5.75 Å². The Balaban J connectivity index is 1.95. The van der Waals surface area contributed by atoms with Crippen LogP contribution in [0.25, 0.3) is 0 Å². The van der Waals surface area contributed by atoms with Gasteiger partial charge in [-0.1, -0.05) is 0 Å². The van der Waals surface area contributed by atoms with E-state index in [4.69, 9.17) is 15.6 Å². The predicted octanol–water partition coefficient (Wildman–Crippen LogP) is 1.32. The molecule has 100 valence electrons. The molecule has 6 heteroatoms. The van der Waals surface area contributed by atoms with E-state index in [0.29, 0.717) is 18.8 Å². The molecule has 1 heterocycles. The lowest BCUT2D eigenvalue weighted by atomic mass is 10.2. The van der Waals surface area contributed by atoms with Gasteiger partial charge in [0.05, 0.1) is 12.2 Å². The number of hydrogen-bond donors (Lipinski definition) is 2. The molecular weight excluding hydrogens is 246 g/mol. The number of rotatable bonds is 5. The fourth-order valence-electron chi connectivity index (χ4n) is 1.72. The Bertz CT molecular complexity index is 593. The number of carboxylic acids is 1. The molecule has 1 aromatic heterocycles. The van der Waals surface area contributed by atoms with Crippen molar-refractivity contribution < 1.29 is 14.6 Å². The molecule has 0 amide bonds. The first-order chi connectivity index (χ1) is 9.08. The molecule has 6 nitrogen and oxygen atoms in total. The van der Waals surface area contributed by atoms with E-state index in [1.807, 2.05) is 17.8 Å². The normalized spacial score (nSPS) is 10.4. The average Bonchev–Trinajstić information content (AvgIpc) is 2.75. The highest BCUT2D eigenvalue weighted by atomic mass is 16.5. The lowest BCUT2D eigenvalue weighted by Gasteiger charge is -2.08. The molecule has 0 aliphatic carbocycles. The van der Waals surface area contributed by atoms with Crippen LogP contribution in [0.1, 0.15) is 16.2 Å². The third-order valence-electron chi connectivity index (χ3n) is 2.77. The number of anilines is 1. The number of carboxylic acid groups (broad SMARTS) is 1. The molecule has 2 aromatic rings. The molecule has 0 spiro atoms. The van der Waals surface area contributed by atoms with Crippen molar-refractivity contribution in [1.82, 2.24) is 9.55 Å². The Morgan fingerprint density at radius 3 is 2.89 bits per heavy atom. The Morgan fingerprint density at radius 1 is 1.53 bits per heavy atom. The van der Waals surface area contributed by atoms with Gasteiger partial charge in [-0.05, 0) is 12.1 Å². The second-order valence-corrected chi connectivity index (χ2v) is 4.11. The Morgan fingerprint density at radius 2 is 2.32 bits per heavy atom. The van der Waals surface area contributed by atoms with E-state index in [0.717, 1.165) is 5.82 Å². The van der Waals surface area contributed by atoms with Crippen molar-refractivity contribution in [2.75, 3.05) is 12.3 Å². The smallest absolute Gasteiger partial charge is 0.337 e. The van der Waals surface area contributed by atoms with E-state index < -0.39 is 5.97 Å². The Kier molecular flexibility index (Phi) is 3.70. The predicted molar refractivity (Wildman–Crippen MR) is 70.2 cm³/mol. The van der Waals surface area contributed by atoms with Crippen LogP contribution in [0.2, 0.25) is 0 Å². The van der Waals surface area contributed by atoms with Crippen LogP contribution in [-0.2, 0) is 13.5 Å². The summed E-state index contributed by atoms with van der Waals surface area (Å²) in [6.45, 7) is 0.455. The van der Waals surface area contributed by atoms with E-state index in [-0.39, 0.29) is 11.3 Å². The number of hydrogen-bond acceptors (Lipinski definition) is 4. The monoisotopic (exact) mass is 261 g/mol. The lowest BCUT2D eigenvalue weighted by molar-refractivity contribution is 0.0698. The summed E-state index contributed by atoms with van der Waals surface area (Å²) in [4.78, 5) is 15.0. The molecule has 0 fully saturated rings. The SMILES string of the molecule is Cn1ccnc1CCOc1ccc(C(=O)O)c(N)c1. The summed E-state index contributed by atoms with van der Waals surface area (Å²) in [5.74, 6) is 0.434. The maximum Gasteiger partial charge on any atom is 0.337 e. The van der Waals surface area contributed by atoms with Gasteiger partial charge in [-0.2, -0.15) is 0 Å². The van der Waals surface area contributed by atoms with Crippen LogP contribution in [0.15, 0.2) is 30.6 Å². The van der Waals surface area contributed by atoms with Crippen LogP contribution < -0.4 is 10.5 Å². The van der Waals surface area contributed by atoms with Crippen molar-refractivity contribution in [3.8, 4) is 5.75 Å². The maximum absolute atomic E-state index is 10.8. The summed E-state index contributed by atoms with van der Waals surface area (Å²) in [6.07, 6.45) is 4.27. The van der Waals surface area contributed by atoms with Gasteiger partial charge in [-0.25, -0.2) is 9.78 Å². The average molecular weight is 261 g/mol. The standard InChI is InChI=1S/C13H15N3O3/c1-16-6-5-15-12(16)4-7-19-9-2-3-10(13(17)18)11(14)8-9/h2-3,5-6,8H,4,7,14H2,1H3,(H,17,18). The minimum absolute atomic E-state index is 0.0800. The highest BCUT2D eigenvalue weighted by molar-refractivity contribution is 5.93. The molecule has 2 rings (SSSR count). The van der Waals surface area contributed by atoms with E-state index in [2.05, 4.69) is 4.98 Å². The fourth-order valence-corrected chi connectivity index (χ4v) is 1.72. The topological polar surface area (TPSA) is 90.4 Å². The first-order valence-electron chi connectivity index (χ1n) is 5.79. The van der Waals surface area contributed by atoms with Gasteiger partial charge >= 0.3 is 5.97 Å². The lowest BCUT2D eigenvalue weighted by Crippen LogP contribution is -2.07. The summed E-state index contributed by atoms with van der Waals surface area (Å²) in [5, 5.41) is 8.86. The van der Waals surface area contributed by atoms with Gasteiger partial charge in [0.25, 0.3) is 0 Å². The minimum Gasteiger partial charge on any atom is -0.493 e. The van der Waals surface area contributed by atoms with Crippen LogP contribution in [0.3, 0.4) is 0 Å². The number of benzene rings is 1.